The lowest BCUT2D eigenvalue weighted by Crippen LogP contribution is -2.06. The highest BCUT2D eigenvalue weighted by Gasteiger charge is 2.17. The number of ketones is 1. The second kappa shape index (κ2) is 3.17. The highest BCUT2D eigenvalue weighted by Crippen LogP contribution is 2.28. The molecule has 3 rings (SSSR count). The first-order chi connectivity index (χ1) is 7.75. The lowest BCUT2D eigenvalue weighted by atomic mass is 9.95. The molecule has 16 heavy (non-hydrogen) atoms. The molecule has 0 radical (unpaired) electrons. The van der Waals surface area contributed by atoms with Crippen LogP contribution in [0.5, 0.6) is 5.75 Å². The molecule has 1 aromatic heterocycles. The van der Waals surface area contributed by atoms with Gasteiger partial charge < -0.3 is 5.11 Å². The van der Waals surface area contributed by atoms with Crippen molar-refractivity contribution in [2.45, 2.75) is 6.42 Å². The zero-order chi connectivity index (χ0) is 11.1. The van der Waals surface area contributed by atoms with Crippen LogP contribution in [0.25, 0.3) is 16.8 Å². The lowest BCUT2D eigenvalue weighted by molar-refractivity contribution is 0.0995. The summed E-state index contributed by atoms with van der Waals surface area (Å²) in [5.74, 6) is 0.273. The van der Waals surface area contributed by atoms with Crippen LogP contribution in [0.4, 0.5) is 0 Å². The summed E-state index contributed by atoms with van der Waals surface area (Å²) in [6, 6.07) is 4.98. The first-order valence-electron chi connectivity index (χ1n) is 5.07. The first-order valence-corrected chi connectivity index (χ1v) is 5.07. The van der Waals surface area contributed by atoms with Gasteiger partial charge in [0.1, 0.15) is 5.75 Å². The molecule has 1 N–H and O–H groups in total. The van der Waals surface area contributed by atoms with Crippen LogP contribution in [0.2, 0.25) is 0 Å². The third-order valence-electron chi connectivity index (χ3n) is 2.76. The monoisotopic (exact) mass is 211 g/mol. The van der Waals surface area contributed by atoms with E-state index >= 15 is 0 Å². The number of hydrogen-bond donors (Lipinski definition) is 1. The number of nitrogens with zero attached hydrogens (tertiary/aromatic N) is 1. The van der Waals surface area contributed by atoms with E-state index in [9.17, 15) is 9.90 Å². The van der Waals surface area contributed by atoms with Crippen molar-refractivity contribution in [1.29, 1.82) is 0 Å². The van der Waals surface area contributed by atoms with E-state index in [2.05, 4.69) is 4.98 Å². The highest BCUT2D eigenvalue weighted by atomic mass is 16.3. The van der Waals surface area contributed by atoms with Gasteiger partial charge in [0, 0.05) is 18.0 Å². The Balaban J connectivity index is 2.43. The summed E-state index contributed by atoms with van der Waals surface area (Å²) in [6.07, 6.45) is 5.79. The van der Waals surface area contributed by atoms with E-state index in [1.807, 2.05) is 12.2 Å². The molecule has 1 heterocycles. The normalized spacial score (nSPS) is 14.1. The predicted molar refractivity (Wildman–Crippen MR) is 61.4 cm³/mol. The molecule has 0 spiro atoms. The average Bonchev–Trinajstić information content (AvgIpc) is 2.29. The Morgan fingerprint density at radius 1 is 1.31 bits per heavy atom. The van der Waals surface area contributed by atoms with Crippen molar-refractivity contribution < 1.29 is 9.90 Å². The maximum absolute atomic E-state index is 11.8. The molecule has 1 aliphatic carbocycles. The summed E-state index contributed by atoms with van der Waals surface area (Å²) in [5, 5.41) is 11.0. The molecule has 78 valence electrons. The molecule has 3 heteroatoms. The van der Waals surface area contributed by atoms with Crippen molar-refractivity contribution >= 4 is 22.6 Å². The Hall–Kier alpha value is -2.16. The third-order valence-corrected chi connectivity index (χ3v) is 2.76. The van der Waals surface area contributed by atoms with Gasteiger partial charge in [-0.3, -0.25) is 9.78 Å². The Bertz CT molecular complexity index is 629. The molecule has 0 unspecified atom stereocenters. The van der Waals surface area contributed by atoms with Crippen molar-refractivity contribution in [2.24, 2.45) is 0 Å². The third kappa shape index (κ3) is 1.21. The average molecular weight is 211 g/mol. The van der Waals surface area contributed by atoms with Crippen LogP contribution in [0.1, 0.15) is 22.5 Å². The van der Waals surface area contributed by atoms with Gasteiger partial charge in [0.25, 0.3) is 0 Å². The van der Waals surface area contributed by atoms with Crippen molar-refractivity contribution in [2.75, 3.05) is 0 Å². The fourth-order valence-corrected chi connectivity index (χ4v) is 2.03. The van der Waals surface area contributed by atoms with Crippen molar-refractivity contribution in [3.63, 3.8) is 0 Å². The SMILES string of the molecule is O=C1CC=Cc2ncc3cc(O)ccc3c21. The summed E-state index contributed by atoms with van der Waals surface area (Å²) in [6.45, 7) is 0. The van der Waals surface area contributed by atoms with E-state index in [4.69, 9.17) is 0 Å². The van der Waals surface area contributed by atoms with Gasteiger partial charge >= 0.3 is 0 Å². The maximum atomic E-state index is 11.8. The highest BCUT2D eigenvalue weighted by molar-refractivity contribution is 6.12. The second-order valence-corrected chi connectivity index (χ2v) is 3.82. The number of hydrogen-bond acceptors (Lipinski definition) is 3. The fourth-order valence-electron chi connectivity index (χ4n) is 2.03. The van der Waals surface area contributed by atoms with Crippen LogP contribution >= 0.6 is 0 Å². The molecule has 0 amide bonds. The number of aromatic nitrogens is 1. The van der Waals surface area contributed by atoms with E-state index < -0.39 is 0 Å². The van der Waals surface area contributed by atoms with Gasteiger partial charge in [-0.2, -0.15) is 0 Å². The zero-order valence-corrected chi connectivity index (χ0v) is 8.47. The molecule has 0 atom stereocenters. The summed E-state index contributed by atoms with van der Waals surface area (Å²) < 4.78 is 0. The van der Waals surface area contributed by atoms with Crippen LogP contribution in [0.3, 0.4) is 0 Å². The van der Waals surface area contributed by atoms with Crippen LogP contribution in [-0.2, 0) is 0 Å². The minimum absolute atomic E-state index is 0.0845. The summed E-state index contributed by atoms with van der Waals surface area (Å²) in [5.41, 5.74) is 1.38. The van der Waals surface area contributed by atoms with E-state index in [1.165, 1.54) is 0 Å². The van der Waals surface area contributed by atoms with Gasteiger partial charge in [0.05, 0.1) is 11.3 Å². The molecule has 1 aromatic carbocycles. The number of Topliss-reactive ketones (excluding diaryl/α,β-unsaturated/α-hetero) is 1. The second-order valence-electron chi connectivity index (χ2n) is 3.82. The summed E-state index contributed by atoms with van der Waals surface area (Å²) in [7, 11) is 0. The van der Waals surface area contributed by atoms with Crippen molar-refractivity contribution in [3.8, 4) is 5.75 Å². The van der Waals surface area contributed by atoms with E-state index in [0.717, 1.165) is 16.5 Å². The van der Waals surface area contributed by atoms with Crippen LogP contribution < -0.4 is 0 Å². The number of fused-ring (bicyclic) bond motifs is 3. The Labute approximate surface area is 92.1 Å². The van der Waals surface area contributed by atoms with Crippen molar-refractivity contribution in [1.82, 2.24) is 4.98 Å². The molecule has 0 bridgehead atoms. The number of aromatic hydroxyl groups is 1. The molecule has 0 saturated carbocycles. The molecular formula is C13H9NO2. The number of carbonyl (C=O) groups is 1. The molecule has 1 aliphatic rings. The molecule has 0 fully saturated rings. The molecular weight excluding hydrogens is 202 g/mol. The number of phenolic OH excluding ortho intramolecular Hbond substituents is 1. The molecule has 3 nitrogen and oxygen atoms in total. The maximum Gasteiger partial charge on any atom is 0.169 e. The summed E-state index contributed by atoms with van der Waals surface area (Å²) >= 11 is 0. The number of pyridine rings is 1. The predicted octanol–water partition coefficient (Wildman–Crippen LogP) is 2.54. The topological polar surface area (TPSA) is 50.2 Å². The largest absolute Gasteiger partial charge is 0.508 e. The van der Waals surface area contributed by atoms with Crippen molar-refractivity contribution in [3.05, 3.63) is 41.7 Å². The number of carbonyl (C=O) groups excluding carboxylic acids is 1. The van der Waals surface area contributed by atoms with Crippen LogP contribution in [-0.4, -0.2) is 15.9 Å². The minimum Gasteiger partial charge on any atom is -0.508 e. The minimum atomic E-state index is 0.0845. The number of rotatable bonds is 0. The first kappa shape index (κ1) is 9.09. The van der Waals surface area contributed by atoms with Gasteiger partial charge in [0.15, 0.2) is 5.78 Å². The smallest absolute Gasteiger partial charge is 0.169 e. The Morgan fingerprint density at radius 3 is 3.06 bits per heavy atom. The molecule has 0 saturated heterocycles. The van der Waals surface area contributed by atoms with Gasteiger partial charge in [0.2, 0.25) is 0 Å². The zero-order valence-electron chi connectivity index (χ0n) is 8.47. The van der Waals surface area contributed by atoms with E-state index in [0.29, 0.717) is 12.0 Å². The van der Waals surface area contributed by atoms with Gasteiger partial charge in [-0.15, -0.1) is 0 Å². The molecule has 2 aromatic rings. The standard InChI is InChI=1S/C13H9NO2/c15-9-4-5-10-8(6-9)7-14-11-2-1-3-12(16)13(10)11/h1-2,4-7,15H,3H2. The quantitative estimate of drug-likeness (QED) is 0.728. The van der Waals surface area contributed by atoms with Gasteiger partial charge in [-0.05, 0) is 29.7 Å². The van der Waals surface area contributed by atoms with E-state index in [1.54, 1.807) is 24.4 Å². The lowest BCUT2D eigenvalue weighted by Gasteiger charge is -2.11. The number of benzene rings is 1. The van der Waals surface area contributed by atoms with Gasteiger partial charge in [-0.25, -0.2) is 0 Å². The summed E-state index contributed by atoms with van der Waals surface area (Å²) in [4.78, 5) is 16.1. The number of allylic oxidation sites excluding steroid dienone is 1. The molecule has 0 aliphatic heterocycles. The fraction of sp³-hybridized carbons (Fsp3) is 0.0769. The van der Waals surface area contributed by atoms with E-state index in [-0.39, 0.29) is 11.5 Å². The number of phenols is 1. The van der Waals surface area contributed by atoms with Crippen LogP contribution in [0.15, 0.2) is 30.5 Å². The van der Waals surface area contributed by atoms with Crippen LogP contribution in [0, 0.1) is 0 Å². The Morgan fingerprint density at radius 2 is 2.19 bits per heavy atom. The Kier molecular flexibility index (Phi) is 1.80. The van der Waals surface area contributed by atoms with Gasteiger partial charge in [-0.1, -0.05) is 6.08 Å².